The fourth-order valence-corrected chi connectivity index (χ4v) is 6.14. The molecule has 6 rings (SSSR count). The summed E-state index contributed by atoms with van der Waals surface area (Å²) in [6.07, 6.45) is 5.59. The number of nitrogens with zero attached hydrogens (tertiary/aromatic N) is 2. The lowest BCUT2D eigenvalue weighted by Gasteiger charge is -2.38. The first-order valence-electron chi connectivity index (χ1n) is 12.4. The number of halogens is 3. The molecule has 1 aliphatic carbocycles. The number of urea groups is 1. The van der Waals surface area contributed by atoms with Crippen LogP contribution in [0, 0.1) is 5.82 Å². The van der Waals surface area contributed by atoms with Crippen LogP contribution in [0.5, 0.6) is 0 Å². The second kappa shape index (κ2) is 9.69. The fourth-order valence-electron chi connectivity index (χ4n) is 5.57. The minimum absolute atomic E-state index is 0.0221. The highest BCUT2D eigenvalue weighted by Gasteiger charge is 2.44. The number of hydrogen-bond donors (Lipinski definition) is 1. The summed E-state index contributed by atoms with van der Waals surface area (Å²) >= 11 is 13.0. The van der Waals surface area contributed by atoms with Gasteiger partial charge >= 0.3 is 6.03 Å². The lowest BCUT2D eigenvalue weighted by atomic mass is 9.99. The normalized spacial score (nSPS) is 23.2. The highest BCUT2D eigenvalue weighted by atomic mass is 35.5. The maximum absolute atomic E-state index is 13.2. The zero-order chi connectivity index (χ0) is 24.8. The molecule has 6 nitrogen and oxygen atoms in total. The molecule has 2 amide bonds. The molecule has 188 valence electrons. The Morgan fingerprint density at radius 1 is 1.06 bits per heavy atom. The van der Waals surface area contributed by atoms with Gasteiger partial charge in [0.2, 0.25) is 0 Å². The maximum Gasteiger partial charge on any atom is 0.322 e. The van der Waals surface area contributed by atoms with Crippen molar-refractivity contribution in [2.75, 3.05) is 5.32 Å². The average molecular weight is 530 g/mol. The van der Waals surface area contributed by atoms with Crippen molar-refractivity contribution in [3.63, 3.8) is 0 Å². The lowest BCUT2D eigenvalue weighted by Crippen LogP contribution is -2.50. The fraction of sp³-hybridized carbons (Fsp3) is 0.407. The number of amides is 2. The molecule has 3 fully saturated rings. The molecular formula is C27H26Cl2FN3O3. The number of rotatable bonds is 6. The smallest absolute Gasteiger partial charge is 0.322 e. The van der Waals surface area contributed by atoms with E-state index in [9.17, 15) is 9.18 Å². The Kier molecular flexibility index (Phi) is 6.40. The van der Waals surface area contributed by atoms with Crippen LogP contribution in [0.15, 0.2) is 47.0 Å². The van der Waals surface area contributed by atoms with Gasteiger partial charge in [0.15, 0.2) is 0 Å². The van der Waals surface area contributed by atoms with Crippen LogP contribution in [0.1, 0.15) is 55.8 Å². The molecule has 0 spiro atoms. The standard InChI is InChI=1S/C27H26Cl2FN3O3/c28-22-2-1-3-23(29)24(22)25-21(26(36-32-25)15-4-5-15)14-35-20-12-18-10-11-19(13-20)33(18)27(34)31-17-8-6-16(30)7-9-17/h1-3,6-9,15,18-20H,4-5,10-14H2,(H,31,34)/t18-,19?,20?/m0/s1. The van der Waals surface area contributed by atoms with Crippen molar-refractivity contribution in [2.24, 2.45) is 0 Å². The van der Waals surface area contributed by atoms with Crippen LogP contribution in [0.2, 0.25) is 10.0 Å². The van der Waals surface area contributed by atoms with Gasteiger partial charge in [0, 0.05) is 34.8 Å². The van der Waals surface area contributed by atoms with E-state index in [-0.39, 0.29) is 30.0 Å². The summed E-state index contributed by atoms with van der Waals surface area (Å²) < 4.78 is 25.4. The Morgan fingerprint density at radius 3 is 2.36 bits per heavy atom. The van der Waals surface area contributed by atoms with Crippen molar-refractivity contribution in [2.45, 2.75) is 69.2 Å². The predicted molar refractivity (Wildman–Crippen MR) is 136 cm³/mol. The number of aromatic nitrogens is 1. The summed E-state index contributed by atoms with van der Waals surface area (Å²) in [4.78, 5) is 14.9. The van der Waals surface area contributed by atoms with Crippen molar-refractivity contribution < 1.29 is 18.4 Å². The molecule has 9 heteroatoms. The van der Waals surface area contributed by atoms with Gasteiger partial charge in [-0.1, -0.05) is 34.4 Å². The molecule has 2 bridgehead atoms. The van der Waals surface area contributed by atoms with Crippen LogP contribution in [0.3, 0.4) is 0 Å². The second-order valence-electron chi connectivity index (χ2n) is 9.88. The topological polar surface area (TPSA) is 67.6 Å². The zero-order valence-electron chi connectivity index (χ0n) is 19.6. The second-order valence-corrected chi connectivity index (χ2v) is 10.7. The number of ether oxygens (including phenoxy) is 1. The highest BCUT2D eigenvalue weighted by Crippen LogP contribution is 2.46. The third-order valence-corrected chi connectivity index (χ3v) is 8.08. The summed E-state index contributed by atoms with van der Waals surface area (Å²) in [7, 11) is 0. The number of benzene rings is 2. The SMILES string of the molecule is O=C(Nc1ccc(F)cc1)N1C2CC[C@H]1CC(OCc1c(-c3c(Cl)cccc3Cl)noc1C1CC1)C2. The largest absolute Gasteiger partial charge is 0.373 e. The Hall–Kier alpha value is -2.61. The number of carbonyl (C=O) groups excluding carboxylic acids is 1. The average Bonchev–Trinajstić information content (AvgIpc) is 3.56. The molecule has 2 aliphatic heterocycles. The van der Waals surface area contributed by atoms with Crippen LogP contribution in [0.4, 0.5) is 14.9 Å². The van der Waals surface area contributed by atoms with Crippen LogP contribution >= 0.6 is 23.2 Å². The minimum Gasteiger partial charge on any atom is -0.373 e. The first-order chi connectivity index (χ1) is 17.5. The number of carbonyl (C=O) groups is 1. The molecule has 36 heavy (non-hydrogen) atoms. The van der Waals surface area contributed by atoms with Gasteiger partial charge in [-0.15, -0.1) is 0 Å². The number of fused-ring (bicyclic) bond motifs is 2. The van der Waals surface area contributed by atoms with Crippen molar-refractivity contribution in [1.82, 2.24) is 10.1 Å². The Bertz CT molecular complexity index is 1240. The minimum atomic E-state index is -0.330. The van der Waals surface area contributed by atoms with Crippen molar-refractivity contribution in [3.05, 3.63) is 69.7 Å². The number of hydrogen-bond acceptors (Lipinski definition) is 4. The molecule has 2 aromatic carbocycles. The third-order valence-electron chi connectivity index (χ3n) is 7.45. The predicted octanol–water partition coefficient (Wildman–Crippen LogP) is 7.41. The zero-order valence-corrected chi connectivity index (χ0v) is 21.1. The summed E-state index contributed by atoms with van der Waals surface area (Å²) in [6, 6.07) is 11.3. The van der Waals surface area contributed by atoms with E-state index in [2.05, 4.69) is 10.5 Å². The molecule has 3 aliphatic rings. The van der Waals surface area contributed by atoms with Crippen molar-refractivity contribution in [3.8, 4) is 11.3 Å². The molecule has 2 saturated heterocycles. The number of nitrogens with one attached hydrogen (secondary N) is 1. The summed E-state index contributed by atoms with van der Waals surface area (Å²) in [5.74, 6) is 0.892. The van der Waals surface area contributed by atoms with Gasteiger partial charge in [-0.2, -0.15) is 0 Å². The van der Waals surface area contributed by atoms with Gasteiger partial charge in [-0.05, 0) is 74.9 Å². The molecule has 1 N–H and O–H groups in total. The number of anilines is 1. The van der Waals surface area contributed by atoms with E-state index < -0.39 is 0 Å². The molecule has 3 atom stereocenters. The first kappa shape index (κ1) is 23.8. The van der Waals surface area contributed by atoms with Gasteiger partial charge < -0.3 is 19.5 Å². The number of piperidine rings is 1. The van der Waals surface area contributed by atoms with Gasteiger partial charge in [-0.3, -0.25) is 0 Å². The Labute approximate surface area is 218 Å². The summed E-state index contributed by atoms with van der Waals surface area (Å²) in [6.45, 7) is 0.359. The molecule has 1 saturated carbocycles. The molecular weight excluding hydrogens is 504 g/mol. The quantitative estimate of drug-likeness (QED) is 0.361. The van der Waals surface area contributed by atoms with E-state index >= 15 is 0 Å². The van der Waals surface area contributed by atoms with Crippen LogP contribution < -0.4 is 5.32 Å². The van der Waals surface area contributed by atoms with Gasteiger partial charge in [0.25, 0.3) is 0 Å². The van der Waals surface area contributed by atoms with Crippen molar-refractivity contribution in [1.29, 1.82) is 0 Å². The van der Waals surface area contributed by atoms with E-state index in [1.54, 1.807) is 24.3 Å². The van der Waals surface area contributed by atoms with Crippen molar-refractivity contribution >= 4 is 34.9 Å². The van der Waals surface area contributed by atoms with E-state index in [0.717, 1.165) is 49.8 Å². The molecule has 0 radical (unpaired) electrons. The molecule has 3 heterocycles. The van der Waals surface area contributed by atoms with Crippen LogP contribution in [-0.4, -0.2) is 34.3 Å². The molecule has 2 unspecified atom stereocenters. The first-order valence-corrected chi connectivity index (χ1v) is 13.1. The van der Waals surface area contributed by atoms with E-state index in [4.69, 9.17) is 32.5 Å². The van der Waals surface area contributed by atoms with Gasteiger partial charge in [-0.25, -0.2) is 9.18 Å². The van der Waals surface area contributed by atoms with Gasteiger partial charge in [0.05, 0.1) is 22.8 Å². The molecule has 1 aromatic heterocycles. The Balaban J connectivity index is 1.15. The van der Waals surface area contributed by atoms with Crippen LogP contribution in [-0.2, 0) is 11.3 Å². The maximum atomic E-state index is 13.2. The van der Waals surface area contributed by atoms with Gasteiger partial charge in [0.1, 0.15) is 17.3 Å². The monoisotopic (exact) mass is 529 g/mol. The molecule has 3 aromatic rings. The summed E-state index contributed by atoms with van der Waals surface area (Å²) in [5.41, 5.74) is 2.82. The Morgan fingerprint density at radius 2 is 1.72 bits per heavy atom. The van der Waals surface area contributed by atoms with E-state index in [1.165, 1.54) is 12.1 Å². The van der Waals surface area contributed by atoms with E-state index in [0.29, 0.717) is 39.5 Å². The highest BCUT2D eigenvalue weighted by molar-refractivity contribution is 6.39. The lowest BCUT2D eigenvalue weighted by molar-refractivity contribution is -0.0158. The van der Waals surface area contributed by atoms with Crippen LogP contribution in [0.25, 0.3) is 11.3 Å². The summed E-state index contributed by atoms with van der Waals surface area (Å²) in [5, 5.41) is 8.30. The third kappa shape index (κ3) is 4.60. The van der Waals surface area contributed by atoms with E-state index in [1.807, 2.05) is 11.0 Å².